The molecule has 1 fully saturated rings. The van der Waals surface area contributed by atoms with Crippen LogP contribution in [-0.4, -0.2) is 33.5 Å². The van der Waals surface area contributed by atoms with Gasteiger partial charge in [-0.3, -0.25) is 20.2 Å². The van der Waals surface area contributed by atoms with E-state index in [9.17, 15) is 29.8 Å². The van der Waals surface area contributed by atoms with E-state index in [2.05, 4.69) is 35.1 Å². The first kappa shape index (κ1) is 25.4. The Morgan fingerprint density at radius 2 is 1.26 bits per heavy atom. The second-order valence-electron chi connectivity index (χ2n) is 9.79. The lowest BCUT2D eigenvalue weighted by atomic mass is 9.67. The molecular weight excluding hydrogens is 456 g/mol. The van der Waals surface area contributed by atoms with Crippen molar-refractivity contribution in [1.82, 2.24) is 10.6 Å². The van der Waals surface area contributed by atoms with Gasteiger partial charge in [0, 0.05) is 47.2 Å². The molecule has 0 spiro atoms. The van der Waals surface area contributed by atoms with Crippen molar-refractivity contribution in [2.45, 2.75) is 51.6 Å². The summed E-state index contributed by atoms with van der Waals surface area (Å²) in [5.74, 6) is 0. The van der Waals surface area contributed by atoms with Crippen molar-refractivity contribution < 1.29 is 19.4 Å². The predicted octanol–water partition coefficient (Wildman–Crippen LogP) is 4.78. The lowest BCUT2D eigenvalue weighted by Crippen LogP contribution is -2.58. The molecule has 12 heteroatoms. The molecule has 0 saturated heterocycles. The van der Waals surface area contributed by atoms with Crippen molar-refractivity contribution in [1.29, 1.82) is 0 Å². The van der Waals surface area contributed by atoms with E-state index in [4.69, 9.17) is 0 Å². The van der Waals surface area contributed by atoms with Crippen LogP contribution in [-0.2, 0) is 0 Å². The van der Waals surface area contributed by atoms with Gasteiger partial charge in [-0.05, 0) is 55.9 Å². The third-order valence-electron chi connectivity index (χ3n) is 5.79. The number of urea groups is 2. The Bertz CT molecular complexity index is 1120. The van der Waals surface area contributed by atoms with Gasteiger partial charge in [-0.1, -0.05) is 13.8 Å². The van der Waals surface area contributed by atoms with Gasteiger partial charge in [0.1, 0.15) is 0 Å². The minimum atomic E-state index is -0.627. The number of non-ortho nitro benzene ring substituents is 2. The zero-order chi connectivity index (χ0) is 25.8. The summed E-state index contributed by atoms with van der Waals surface area (Å²) >= 11 is 0. The third-order valence-corrected chi connectivity index (χ3v) is 5.79. The monoisotopic (exact) mass is 484 g/mol. The minimum Gasteiger partial charge on any atom is -0.335 e. The molecule has 2 aromatic carbocycles. The van der Waals surface area contributed by atoms with E-state index in [0.717, 1.165) is 0 Å². The normalized spacial score (nSPS) is 20.8. The van der Waals surface area contributed by atoms with Crippen molar-refractivity contribution >= 4 is 34.8 Å². The van der Waals surface area contributed by atoms with Crippen molar-refractivity contribution in [3.05, 3.63) is 68.8 Å². The maximum Gasteiger partial charge on any atom is 0.319 e. The Hall–Kier alpha value is -4.22. The van der Waals surface area contributed by atoms with Crippen LogP contribution < -0.4 is 21.3 Å². The molecule has 0 aliphatic heterocycles. The summed E-state index contributed by atoms with van der Waals surface area (Å²) < 4.78 is 0. The summed E-state index contributed by atoms with van der Waals surface area (Å²) in [6, 6.07) is 9.93. The molecule has 0 aromatic heterocycles. The molecule has 3 rings (SSSR count). The summed E-state index contributed by atoms with van der Waals surface area (Å²) in [7, 11) is 0. The van der Waals surface area contributed by atoms with Gasteiger partial charge in [-0.15, -0.1) is 0 Å². The SMILES string of the molecule is CC1(C)CC(NC(=O)Nc2ccc([N+](=O)[O-])cc2)CC(C)(NC(=O)Nc2ccc([N+](=O)[O-])cc2)C1. The van der Waals surface area contributed by atoms with Gasteiger partial charge in [-0.2, -0.15) is 0 Å². The van der Waals surface area contributed by atoms with Crippen LogP contribution in [0.1, 0.15) is 40.0 Å². The number of carbonyl (C=O) groups excluding carboxylic acids is 2. The second-order valence-corrected chi connectivity index (χ2v) is 9.79. The number of carbonyl (C=O) groups is 2. The summed E-state index contributed by atoms with van der Waals surface area (Å²) in [6.07, 6.45) is 1.86. The van der Waals surface area contributed by atoms with Crippen LogP contribution in [0.5, 0.6) is 0 Å². The minimum absolute atomic E-state index is 0.0705. The standard InChI is InChI=1S/C23H28N6O6/c1-22(2)12-17(26-20(30)24-15-4-8-18(9-5-15)28(32)33)13-23(3,14-22)27-21(31)25-16-6-10-19(11-7-16)29(34)35/h4-11,17H,12-14H2,1-3H3,(H2,24,26,30)(H2,25,27,31). The first-order valence-electron chi connectivity index (χ1n) is 11.0. The first-order valence-corrected chi connectivity index (χ1v) is 11.0. The smallest absolute Gasteiger partial charge is 0.319 e. The number of nitrogens with one attached hydrogen (secondary N) is 4. The Morgan fingerprint density at radius 3 is 1.71 bits per heavy atom. The van der Waals surface area contributed by atoms with Gasteiger partial charge < -0.3 is 21.3 Å². The molecule has 186 valence electrons. The summed E-state index contributed by atoms with van der Waals surface area (Å²) in [5, 5.41) is 32.9. The highest BCUT2D eigenvalue weighted by Crippen LogP contribution is 2.41. The maximum atomic E-state index is 12.7. The van der Waals surface area contributed by atoms with E-state index in [-0.39, 0.29) is 22.8 Å². The number of rotatable bonds is 6. The number of nitrogens with zero attached hydrogens (tertiary/aromatic N) is 2. The van der Waals surface area contributed by atoms with Crippen LogP contribution in [0.3, 0.4) is 0 Å². The predicted molar refractivity (Wildman–Crippen MR) is 130 cm³/mol. The number of benzene rings is 2. The molecule has 1 saturated carbocycles. The molecule has 4 amide bonds. The lowest BCUT2D eigenvalue weighted by molar-refractivity contribution is -0.385. The Morgan fingerprint density at radius 1 is 0.800 bits per heavy atom. The number of amides is 4. The highest BCUT2D eigenvalue weighted by Gasteiger charge is 2.42. The van der Waals surface area contributed by atoms with Crippen LogP contribution in [0.2, 0.25) is 0 Å². The number of nitro benzene ring substituents is 2. The quantitative estimate of drug-likeness (QED) is 0.340. The maximum absolute atomic E-state index is 12.7. The van der Waals surface area contributed by atoms with Gasteiger partial charge in [0.05, 0.1) is 9.85 Å². The van der Waals surface area contributed by atoms with Gasteiger partial charge in [0.2, 0.25) is 0 Å². The topological polar surface area (TPSA) is 169 Å². The Labute approximate surface area is 201 Å². The van der Waals surface area contributed by atoms with Gasteiger partial charge in [-0.25, -0.2) is 9.59 Å². The fourth-order valence-corrected chi connectivity index (χ4v) is 4.80. The van der Waals surface area contributed by atoms with E-state index in [1.165, 1.54) is 48.5 Å². The average Bonchev–Trinajstić information content (AvgIpc) is 2.72. The van der Waals surface area contributed by atoms with Crippen molar-refractivity contribution in [2.24, 2.45) is 5.41 Å². The second kappa shape index (κ2) is 9.95. The van der Waals surface area contributed by atoms with Crippen molar-refractivity contribution in [3.63, 3.8) is 0 Å². The molecule has 4 N–H and O–H groups in total. The van der Waals surface area contributed by atoms with Crippen molar-refractivity contribution in [3.8, 4) is 0 Å². The van der Waals surface area contributed by atoms with Crippen LogP contribution in [0, 0.1) is 25.6 Å². The summed E-state index contributed by atoms with van der Waals surface area (Å²) in [4.78, 5) is 45.8. The van der Waals surface area contributed by atoms with E-state index in [1.807, 2.05) is 6.92 Å². The Kier molecular flexibility index (Phi) is 7.22. The van der Waals surface area contributed by atoms with Crippen LogP contribution in [0.4, 0.5) is 32.3 Å². The number of hydrogen-bond donors (Lipinski definition) is 4. The number of anilines is 2. The van der Waals surface area contributed by atoms with E-state index in [0.29, 0.717) is 30.6 Å². The molecule has 2 aromatic rings. The first-order chi connectivity index (χ1) is 16.3. The fraction of sp³-hybridized carbons (Fsp3) is 0.391. The van der Waals surface area contributed by atoms with Gasteiger partial charge in [0.15, 0.2) is 0 Å². The van der Waals surface area contributed by atoms with E-state index >= 15 is 0 Å². The highest BCUT2D eigenvalue weighted by molar-refractivity contribution is 5.90. The molecule has 0 radical (unpaired) electrons. The highest BCUT2D eigenvalue weighted by atomic mass is 16.6. The van der Waals surface area contributed by atoms with E-state index < -0.39 is 27.4 Å². The lowest BCUT2D eigenvalue weighted by Gasteiger charge is -2.47. The van der Waals surface area contributed by atoms with E-state index in [1.54, 1.807) is 0 Å². The van der Waals surface area contributed by atoms with Gasteiger partial charge in [0.25, 0.3) is 11.4 Å². The zero-order valence-corrected chi connectivity index (χ0v) is 19.7. The molecular formula is C23H28N6O6. The molecule has 2 unspecified atom stereocenters. The van der Waals surface area contributed by atoms with Crippen molar-refractivity contribution in [2.75, 3.05) is 10.6 Å². The summed E-state index contributed by atoms with van der Waals surface area (Å²) in [6.45, 7) is 6.03. The molecule has 35 heavy (non-hydrogen) atoms. The third kappa shape index (κ3) is 7.13. The van der Waals surface area contributed by atoms with Gasteiger partial charge >= 0.3 is 12.1 Å². The van der Waals surface area contributed by atoms with Crippen LogP contribution in [0.15, 0.2) is 48.5 Å². The molecule has 1 aliphatic rings. The molecule has 0 bridgehead atoms. The molecule has 12 nitrogen and oxygen atoms in total. The zero-order valence-electron chi connectivity index (χ0n) is 19.7. The Balaban J connectivity index is 1.60. The summed E-state index contributed by atoms with van der Waals surface area (Å²) in [5.41, 5.74) is -0.108. The number of hydrogen-bond acceptors (Lipinski definition) is 6. The molecule has 1 aliphatic carbocycles. The largest absolute Gasteiger partial charge is 0.335 e. The van der Waals surface area contributed by atoms with Crippen LogP contribution in [0.25, 0.3) is 0 Å². The molecule has 2 atom stereocenters. The number of nitro groups is 2. The fourth-order valence-electron chi connectivity index (χ4n) is 4.80. The average molecular weight is 485 g/mol. The van der Waals surface area contributed by atoms with Crippen LogP contribution >= 0.6 is 0 Å². The molecule has 0 heterocycles.